The number of carbonyl (C=O) groups is 1. The summed E-state index contributed by atoms with van der Waals surface area (Å²) in [6, 6.07) is 5.65. The summed E-state index contributed by atoms with van der Waals surface area (Å²) >= 11 is 0. The van der Waals surface area contributed by atoms with Crippen molar-refractivity contribution in [1.82, 2.24) is 19.4 Å². The van der Waals surface area contributed by atoms with Crippen molar-refractivity contribution in [3.63, 3.8) is 0 Å². The van der Waals surface area contributed by atoms with E-state index in [1.54, 1.807) is 11.7 Å². The predicted octanol–water partition coefficient (Wildman–Crippen LogP) is 4.21. The third-order valence-corrected chi connectivity index (χ3v) is 6.67. The Morgan fingerprint density at radius 1 is 1.21 bits per heavy atom. The molecule has 4 rings (SSSR count). The van der Waals surface area contributed by atoms with Gasteiger partial charge in [-0.15, -0.1) is 0 Å². The number of amides is 1. The summed E-state index contributed by atoms with van der Waals surface area (Å²) in [6.45, 7) is 4.99. The van der Waals surface area contributed by atoms with Crippen LogP contribution in [0, 0.1) is 0 Å². The molecule has 0 atom stereocenters. The maximum absolute atomic E-state index is 12.3. The Morgan fingerprint density at radius 3 is 2.68 bits per heavy atom. The molecular formula is C28H37N7O3. The quantitative estimate of drug-likeness (QED) is 0.324. The van der Waals surface area contributed by atoms with E-state index < -0.39 is 0 Å². The van der Waals surface area contributed by atoms with E-state index in [0.717, 1.165) is 49.1 Å². The van der Waals surface area contributed by atoms with Crippen molar-refractivity contribution in [3.8, 4) is 5.75 Å². The molecule has 2 aromatic heterocycles. The van der Waals surface area contributed by atoms with Crippen LogP contribution in [-0.2, 0) is 11.5 Å². The van der Waals surface area contributed by atoms with Gasteiger partial charge in [0, 0.05) is 37.8 Å². The molecule has 0 spiro atoms. The molecule has 1 amide bonds. The van der Waals surface area contributed by atoms with Gasteiger partial charge in [-0.1, -0.05) is 12.7 Å². The van der Waals surface area contributed by atoms with Gasteiger partial charge in [0.15, 0.2) is 0 Å². The van der Waals surface area contributed by atoms with Gasteiger partial charge >= 0.3 is 0 Å². The molecule has 10 heteroatoms. The second kappa shape index (κ2) is 12.1. The highest BCUT2D eigenvalue weighted by Gasteiger charge is 2.19. The van der Waals surface area contributed by atoms with Crippen LogP contribution >= 0.6 is 0 Å². The number of fused-ring (bicyclic) bond motifs is 1. The first-order valence-electron chi connectivity index (χ1n) is 12.8. The first-order valence-corrected chi connectivity index (χ1v) is 12.8. The molecule has 1 aliphatic rings. The molecule has 0 saturated carbocycles. The summed E-state index contributed by atoms with van der Waals surface area (Å²) < 4.78 is 7.43. The van der Waals surface area contributed by atoms with E-state index in [4.69, 9.17) is 14.7 Å². The number of hydrogen-bond donors (Lipinski definition) is 3. The van der Waals surface area contributed by atoms with Gasteiger partial charge in [-0.25, -0.2) is 4.98 Å². The number of ether oxygens (including phenoxy) is 1. The molecule has 0 unspecified atom stereocenters. The molecule has 10 nitrogen and oxygen atoms in total. The number of allylic oxidation sites excluding steroid dienone is 2. The molecule has 202 valence electrons. The number of anilines is 4. The van der Waals surface area contributed by atoms with Crippen molar-refractivity contribution in [3.05, 3.63) is 48.8 Å². The number of aromatic nitrogens is 3. The summed E-state index contributed by atoms with van der Waals surface area (Å²) in [4.78, 5) is 26.1. The van der Waals surface area contributed by atoms with Gasteiger partial charge in [-0.05, 0) is 63.6 Å². The Bertz CT molecular complexity index is 1350. The number of hydrogen-bond acceptors (Lipinski definition) is 8. The highest BCUT2D eigenvalue weighted by molar-refractivity contribution is 6.02. The van der Waals surface area contributed by atoms with Gasteiger partial charge in [-0.3, -0.25) is 4.79 Å². The zero-order valence-electron chi connectivity index (χ0n) is 22.6. The van der Waals surface area contributed by atoms with Crippen molar-refractivity contribution in [2.24, 2.45) is 0 Å². The summed E-state index contributed by atoms with van der Waals surface area (Å²) in [5, 5.41) is 17.0. The largest absolute Gasteiger partial charge is 0.494 e. The molecule has 3 aromatic rings. The number of nitrogens with one attached hydrogen (secondary N) is 2. The van der Waals surface area contributed by atoms with Gasteiger partial charge in [0.25, 0.3) is 0 Å². The van der Waals surface area contributed by atoms with Crippen LogP contribution in [0.5, 0.6) is 5.75 Å². The first-order chi connectivity index (χ1) is 18.3. The van der Waals surface area contributed by atoms with Gasteiger partial charge in [0.1, 0.15) is 18.1 Å². The van der Waals surface area contributed by atoms with Gasteiger partial charge < -0.3 is 34.8 Å². The van der Waals surface area contributed by atoms with E-state index in [0.29, 0.717) is 28.7 Å². The molecule has 3 N–H and O–H groups in total. The lowest BCUT2D eigenvalue weighted by Crippen LogP contribution is -2.29. The number of benzene rings is 1. The lowest BCUT2D eigenvalue weighted by atomic mass is 9.96. The minimum atomic E-state index is -0.312. The van der Waals surface area contributed by atoms with Crippen LogP contribution in [0.3, 0.4) is 0 Å². The zero-order valence-corrected chi connectivity index (χ0v) is 22.6. The Balaban J connectivity index is 1.78. The molecule has 0 saturated heterocycles. The molecular weight excluding hydrogens is 482 g/mol. The topological polar surface area (TPSA) is 108 Å². The third kappa shape index (κ3) is 5.98. The molecule has 38 heavy (non-hydrogen) atoms. The number of likely N-dealkylation sites (N-methyl/N-ethyl adjacent to an activating group) is 2. The number of carbonyl (C=O) groups excluding carboxylic acids is 1. The minimum Gasteiger partial charge on any atom is -0.494 e. The summed E-state index contributed by atoms with van der Waals surface area (Å²) in [5.74, 6) is 0.640. The highest BCUT2D eigenvalue weighted by Crippen LogP contribution is 2.39. The third-order valence-electron chi connectivity index (χ3n) is 6.67. The Hall–Kier alpha value is -3.89. The fourth-order valence-corrected chi connectivity index (χ4v) is 4.56. The lowest BCUT2D eigenvalue weighted by Gasteiger charge is -2.26. The SMILES string of the molecule is C=CC(=O)Nc1cc(Nc2nc(C3=CCCCC3)c3ccn(CO)c3n2)c(OC)cc1N(C)CCN(C)C. The van der Waals surface area contributed by atoms with Crippen LogP contribution in [0.25, 0.3) is 16.6 Å². The van der Waals surface area contributed by atoms with Gasteiger partial charge in [0.2, 0.25) is 11.9 Å². The van der Waals surface area contributed by atoms with Crippen LogP contribution in [0.15, 0.2) is 43.1 Å². The monoisotopic (exact) mass is 519 g/mol. The summed E-state index contributed by atoms with van der Waals surface area (Å²) in [7, 11) is 7.61. The summed E-state index contributed by atoms with van der Waals surface area (Å²) in [6.07, 6.45) is 9.56. The zero-order chi connectivity index (χ0) is 27.2. The van der Waals surface area contributed by atoms with Crippen molar-refractivity contribution >= 4 is 45.5 Å². The second-order valence-corrected chi connectivity index (χ2v) is 9.65. The van der Waals surface area contributed by atoms with Crippen LogP contribution in [0.1, 0.15) is 31.4 Å². The van der Waals surface area contributed by atoms with E-state index in [-0.39, 0.29) is 12.6 Å². The van der Waals surface area contributed by atoms with E-state index >= 15 is 0 Å². The summed E-state index contributed by atoms with van der Waals surface area (Å²) in [5.41, 5.74) is 4.71. The van der Waals surface area contributed by atoms with Crippen LogP contribution < -0.4 is 20.3 Å². The van der Waals surface area contributed by atoms with Crippen molar-refractivity contribution in [1.29, 1.82) is 0 Å². The fraction of sp³-hybridized carbons (Fsp3) is 0.393. The van der Waals surface area contributed by atoms with Crippen LogP contribution in [-0.4, -0.2) is 71.8 Å². The first kappa shape index (κ1) is 27.2. The van der Waals surface area contributed by atoms with Crippen molar-refractivity contribution < 1.29 is 14.6 Å². The average molecular weight is 520 g/mol. The highest BCUT2D eigenvalue weighted by atomic mass is 16.5. The maximum atomic E-state index is 12.3. The predicted molar refractivity (Wildman–Crippen MR) is 153 cm³/mol. The molecule has 0 fully saturated rings. The standard InChI is InChI=1S/C28H37N7O3/c1-6-25(37)29-21-16-22(24(38-5)17-23(21)34(4)15-14-33(2)3)30-28-31-26(19-10-8-7-9-11-19)20-12-13-35(18-36)27(20)32-28/h6,10,12-13,16-17,36H,1,7-9,11,14-15,18H2,2-5H3,(H,29,37)(H,30,31,32). The van der Waals surface area contributed by atoms with Crippen molar-refractivity contribution in [2.45, 2.75) is 32.4 Å². The fourth-order valence-electron chi connectivity index (χ4n) is 4.56. The van der Waals surface area contributed by atoms with E-state index in [1.807, 2.05) is 45.5 Å². The Kier molecular flexibility index (Phi) is 8.65. The lowest BCUT2D eigenvalue weighted by molar-refractivity contribution is -0.111. The number of nitrogens with zero attached hydrogens (tertiary/aromatic N) is 5. The molecule has 1 aromatic carbocycles. The van der Waals surface area contributed by atoms with Crippen LogP contribution in [0.4, 0.5) is 23.0 Å². The van der Waals surface area contributed by atoms with Crippen molar-refractivity contribution in [2.75, 3.05) is 56.9 Å². The van der Waals surface area contributed by atoms with E-state index in [1.165, 1.54) is 18.1 Å². The number of aliphatic hydroxyl groups excluding tert-OH is 1. The smallest absolute Gasteiger partial charge is 0.247 e. The van der Waals surface area contributed by atoms with E-state index in [9.17, 15) is 9.90 Å². The number of aliphatic hydroxyl groups is 1. The van der Waals surface area contributed by atoms with Gasteiger partial charge in [0.05, 0.1) is 29.9 Å². The number of rotatable bonds is 11. The molecule has 0 radical (unpaired) electrons. The Morgan fingerprint density at radius 2 is 2.03 bits per heavy atom. The average Bonchev–Trinajstić information content (AvgIpc) is 3.34. The van der Waals surface area contributed by atoms with E-state index in [2.05, 4.69) is 33.1 Å². The minimum absolute atomic E-state index is 0.187. The Labute approximate surface area is 223 Å². The normalized spacial score (nSPS) is 13.4. The second-order valence-electron chi connectivity index (χ2n) is 9.65. The molecule has 2 heterocycles. The number of methoxy groups -OCH3 is 1. The maximum Gasteiger partial charge on any atom is 0.247 e. The van der Waals surface area contributed by atoms with Gasteiger partial charge in [-0.2, -0.15) is 4.98 Å². The molecule has 0 bridgehead atoms. The molecule has 0 aliphatic heterocycles. The molecule has 1 aliphatic carbocycles. The van der Waals surface area contributed by atoms with Crippen LogP contribution in [0.2, 0.25) is 0 Å².